The number of amides is 1. The van der Waals surface area contributed by atoms with E-state index in [2.05, 4.69) is 15.3 Å². The van der Waals surface area contributed by atoms with E-state index in [1.807, 2.05) is 0 Å². The molecule has 0 fully saturated rings. The van der Waals surface area contributed by atoms with Crippen LogP contribution in [0.15, 0.2) is 41.5 Å². The second-order valence-corrected chi connectivity index (χ2v) is 6.35. The lowest BCUT2D eigenvalue weighted by Crippen LogP contribution is -2.20. The van der Waals surface area contributed by atoms with Crippen molar-refractivity contribution in [3.05, 3.63) is 67.7 Å². The van der Waals surface area contributed by atoms with Gasteiger partial charge in [-0.25, -0.2) is 10.2 Å². The second kappa shape index (κ2) is 10.4. The maximum absolute atomic E-state index is 12.0. The average molecular weight is 440 g/mol. The van der Waals surface area contributed by atoms with Gasteiger partial charge in [0.25, 0.3) is 5.69 Å². The summed E-state index contributed by atoms with van der Waals surface area (Å²) in [7, 11) is 1.22. The standard InChI is InChI=1S/C18H15Cl2N3O6/c1-28-17(25)10-29-18-13(19)6-11(7-14(18)20)9-21-22-16(24)8-12-4-2-3-5-15(12)23(26)27/h2-7,9H,8,10H2,1H3,(H,22,24). The molecule has 11 heteroatoms. The Balaban J connectivity index is 2.00. The van der Waals surface area contributed by atoms with Crippen LogP contribution < -0.4 is 10.2 Å². The van der Waals surface area contributed by atoms with Crippen LogP contribution in [0.4, 0.5) is 5.69 Å². The Morgan fingerprint density at radius 1 is 1.24 bits per heavy atom. The number of halogens is 2. The van der Waals surface area contributed by atoms with Gasteiger partial charge >= 0.3 is 5.97 Å². The number of nitrogens with zero attached hydrogens (tertiary/aromatic N) is 2. The van der Waals surface area contributed by atoms with Gasteiger partial charge in [0.1, 0.15) is 0 Å². The molecule has 0 unspecified atom stereocenters. The monoisotopic (exact) mass is 439 g/mol. The van der Waals surface area contributed by atoms with Crippen LogP contribution in [0.3, 0.4) is 0 Å². The van der Waals surface area contributed by atoms with Gasteiger partial charge in [-0.1, -0.05) is 41.4 Å². The first-order valence-corrected chi connectivity index (χ1v) is 8.80. The number of hydrazone groups is 1. The van der Waals surface area contributed by atoms with Crippen molar-refractivity contribution in [1.29, 1.82) is 0 Å². The molecule has 0 atom stereocenters. The van der Waals surface area contributed by atoms with Gasteiger partial charge in [0, 0.05) is 11.6 Å². The minimum Gasteiger partial charge on any atom is -0.479 e. The average Bonchev–Trinajstić information content (AvgIpc) is 2.67. The van der Waals surface area contributed by atoms with Crippen LogP contribution in [0.25, 0.3) is 0 Å². The van der Waals surface area contributed by atoms with E-state index >= 15 is 0 Å². The number of carbonyl (C=O) groups excluding carboxylic acids is 2. The van der Waals surface area contributed by atoms with E-state index < -0.39 is 16.8 Å². The fourth-order valence-electron chi connectivity index (χ4n) is 2.21. The lowest BCUT2D eigenvalue weighted by Gasteiger charge is -2.09. The highest BCUT2D eigenvalue weighted by Gasteiger charge is 2.15. The Labute approximate surface area is 175 Å². The molecule has 0 aliphatic heterocycles. The number of hydrogen-bond donors (Lipinski definition) is 1. The van der Waals surface area contributed by atoms with Crippen LogP contribution in [0.1, 0.15) is 11.1 Å². The summed E-state index contributed by atoms with van der Waals surface area (Å²) in [5.41, 5.74) is 2.85. The molecule has 1 N–H and O–H groups in total. The maximum Gasteiger partial charge on any atom is 0.343 e. The van der Waals surface area contributed by atoms with E-state index in [-0.39, 0.29) is 40.1 Å². The van der Waals surface area contributed by atoms with E-state index in [1.165, 1.54) is 43.7 Å². The number of esters is 1. The summed E-state index contributed by atoms with van der Waals surface area (Å²) in [6.07, 6.45) is 1.08. The highest BCUT2D eigenvalue weighted by molar-refractivity contribution is 6.37. The summed E-state index contributed by atoms with van der Waals surface area (Å²) >= 11 is 12.2. The number of rotatable bonds is 8. The number of nitro benzene ring substituents is 1. The summed E-state index contributed by atoms with van der Waals surface area (Å²) in [6.45, 7) is -0.356. The first kappa shape index (κ1) is 22.1. The van der Waals surface area contributed by atoms with Crippen molar-refractivity contribution in [2.75, 3.05) is 13.7 Å². The molecule has 0 aliphatic rings. The van der Waals surface area contributed by atoms with Gasteiger partial charge in [-0.3, -0.25) is 14.9 Å². The molecule has 2 rings (SSSR count). The first-order valence-electron chi connectivity index (χ1n) is 8.04. The van der Waals surface area contributed by atoms with Gasteiger partial charge in [0.05, 0.1) is 34.7 Å². The molecule has 9 nitrogen and oxygen atoms in total. The van der Waals surface area contributed by atoms with Crippen LogP contribution in [0, 0.1) is 10.1 Å². The Morgan fingerprint density at radius 2 is 1.90 bits per heavy atom. The van der Waals surface area contributed by atoms with Crippen LogP contribution >= 0.6 is 23.2 Å². The van der Waals surface area contributed by atoms with Crippen molar-refractivity contribution in [3.63, 3.8) is 0 Å². The van der Waals surface area contributed by atoms with Crippen molar-refractivity contribution in [3.8, 4) is 5.75 Å². The SMILES string of the molecule is COC(=O)COc1c(Cl)cc(C=NNC(=O)Cc2ccccc2[N+](=O)[O-])cc1Cl. The Kier molecular flexibility index (Phi) is 7.93. The molecule has 0 radical (unpaired) electrons. The van der Waals surface area contributed by atoms with E-state index in [4.69, 9.17) is 27.9 Å². The normalized spacial score (nSPS) is 10.6. The minimum absolute atomic E-state index is 0.108. The largest absolute Gasteiger partial charge is 0.479 e. The van der Waals surface area contributed by atoms with Crippen LogP contribution in [-0.2, 0) is 20.7 Å². The third-order valence-electron chi connectivity index (χ3n) is 3.52. The van der Waals surface area contributed by atoms with E-state index in [9.17, 15) is 19.7 Å². The van der Waals surface area contributed by atoms with E-state index in [1.54, 1.807) is 6.07 Å². The first-order chi connectivity index (χ1) is 13.8. The van der Waals surface area contributed by atoms with Gasteiger partial charge < -0.3 is 9.47 Å². The van der Waals surface area contributed by atoms with Crippen molar-refractivity contribution < 1.29 is 24.0 Å². The molecular weight excluding hydrogens is 425 g/mol. The molecule has 0 aliphatic carbocycles. The number of hydrogen-bond acceptors (Lipinski definition) is 7. The zero-order valence-electron chi connectivity index (χ0n) is 15.1. The molecule has 2 aromatic carbocycles. The highest BCUT2D eigenvalue weighted by Crippen LogP contribution is 2.33. The summed E-state index contributed by atoms with van der Waals surface area (Å²) in [5, 5.41) is 15.0. The van der Waals surface area contributed by atoms with Crippen LogP contribution in [-0.4, -0.2) is 36.7 Å². The molecule has 0 saturated heterocycles. The maximum atomic E-state index is 12.0. The third-order valence-corrected chi connectivity index (χ3v) is 4.09. The van der Waals surface area contributed by atoms with Gasteiger partial charge in [0.15, 0.2) is 12.4 Å². The number of nitrogens with one attached hydrogen (secondary N) is 1. The molecule has 1 amide bonds. The fourth-order valence-corrected chi connectivity index (χ4v) is 2.82. The smallest absolute Gasteiger partial charge is 0.343 e. The topological polar surface area (TPSA) is 120 Å². The van der Waals surface area contributed by atoms with Crippen molar-refractivity contribution >= 4 is 47.0 Å². The molecule has 0 spiro atoms. The van der Waals surface area contributed by atoms with E-state index in [0.29, 0.717) is 5.56 Å². The van der Waals surface area contributed by atoms with E-state index in [0.717, 1.165) is 0 Å². The Bertz CT molecular complexity index is 941. The number of ether oxygens (including phenoxy) is 2. The predicted octanol–water partition coefficient (Wildman–Crippen LogP) is 3.15. The van der Waals surface area contributed by atoms with Gasteiger partial charge in [-0.15, -0.1) is 0 Å². The molecule has 0 saturated carbocycles. The van der Waals surface area contributed by atoms with Gasteiger partial charge in [-0.2, -0.15) is 5.10 Å². The molecule has 0 heterocycles. The van der Waals surface area contributed by atoms with Crippen LogP contribution in [0.5, 0.6) is 5.75 Å². The summed E-state index contributed by atoms with van der Waals surface area (Å²) < 4.78 is 9.67. The molecular formula is C18H15Cl2N3O6. The number of methoxy groups -OCH3 is 1. The fraction of sp³-hybridized carbons (Fsp3) is 0.167. The molecule has 2 aromatic rings. The van der Waals surface area contributed by atoms with Crippen molar-refractivity contribution in [1.82, 2.24) is 5.43 Å². The predicted molar refractivity (Wildman–Crippen MR) is 107 cm³/mol. The summed E-state index contributed by atoms with van der Waals surface area (Å²) in [4.78, 5) is 33.5. The molecule has 0 bridgehead atoms. The zero-order chi connectivity index (χ0) is 21.4. The quantitative estimate of drug-likeness (QED) is 0.292. The number of benzene rings is 2. The summed E-state index contributed by atoms with van der Waals surface area (Å²) in [5.74, 6) is -1.02. The summed E-state index contributed by atoms with van der Waals surface area (Å²) in [6, 6.07) is 8.87. The Morgan fingerprint density at radius 3 is 2.52 bits per heavy atom. The molecule has 0 aromatic heterocycles. The highest BCUT2D eigenvalue weighted by atomic mass is 35.5. The van der Waals surface area contributed by atoms with Crippen molar-refractivity contribution in [2.45, 2.75) is 6.42 Å². The Hall–Kier alpha value is -3.17. The van der Waals surface area contributed by atoms with Crippen molar-refractivity contribution in [2.24, 2.45) is 5.10 Å². The lowest BCUT2D eigenvalue weighted by molar-refractivity contribution is -0.385. The van der Waals surface area contributed by atoms with Gasteiger partial charge in [0.2, 0.25) is 5.91 Å². The molecule has 29 heavy (non-hydrogen) atoms. The molecule has 152 valence electrons. The number of para-hydroxylation sites is 1. The third kappa shape index (κ3) is 6.44. The second-order valence-electron chi connectivity index (χ2n) is 5.53. The number of nitro groups is 1. The lowest BCUT2D eigenvalue weighted by atomic mass is 10.1. The minimum atomic E-state index is -0.593. The zero-order valence-corrected chi connectivity index (χ0v) is 16.6. The van der Waals surface area contributed by atoms with Gasteiger partial charge in [-0.05, 0) is 17.7 Å². The van der Waals surface area contributed by atoms with Crippen LogP contribution in [0.2, 0.25) is 10.0 Å². The number of carbonyl (C=O) groups is 2.